The van der Waals surface area contributed by atoms with Crippen LogP contribution in [-0.4, -0.2) is 52.0 Å². The molecule has 9 heteroatoms. The van der Waals surface area contributed by atoms with E-state index in [0.717, 1.165) is 11.3 Å². The summed E-state index contributed by atoms with van der Waals surface area (Å²) in [5.74, 6) is 5.66. The van der Waals surface area contributed by atoms with Crippen molar-refractivity contribution in [2.75, 3.05) is 26.2 Å². The largest absolute Gasteiger partial charge is 0.340 e. The zero-order valence-electron chi connectivity index (χ0n) is 11.1. The van der Waals surface area contributed by atoms with Gasteiger partial charge in [-0.1, -0.05) is 22.9 Å². The molecule has 3 heterocycles. The number of fused-ring (bicyclic) bond motifs is 1. The fraction of sp³-hybridized carbons (Fsp3) is 0.417. The second-order valence-corrected chi connectivity index (χ2v) is 6.24. The number of hydrogen-bond acceptors (Lipinski definition) is 6. The lowest BCUT2D eigenvalue weighted by Gasteiger charge is -2.32. The molecule has 0 aliphatic carbocycles. The minimum absolute atomic E-state index is 0.0236. The maximum Gasteiger partial charge on any atom is 0.307 e. The molecule has 0 saturated carbocycles. The first-order valence-corrected chi connectivity index (χ1v) is 7.67. The third-order valence-corrected chi connectivity index (χ3v) is 4.63. The monoisotopic (exact) mass is 327 g/mol. The number of carbonyl (C=O) groups is 1. The van der Waals surface area contributed by atoms with E-state index in [9.17, 15) is 9.59 Å². The van der Waals surface area contributed by atoms with Crippen LogP contribution in [0, 0.1) is 0 Å². The average molecular weight is 328 g/mol. The van der Waals surface area contributed by atoms with Crippen LogP contribution in [0.1, 0.15) is 5.56 Å². The van der Waals surface area contributed by atoms with Gasteiger partial charge in [0.25, 0.3) is 0 Å². The van der Waals surface area contributed by atoms with Gasteiger partial charge in [0.05, 0.1) is 17.0 Å². The molecule has 3 rings (SSSR count). The number of hydrazine groups is 1. The maximum atomic E-state index is 12.4. The predicted molar refractivity (Wildman–Crippen MR) is 81.3 cm³/mol. The third kappa shape index (κ3) is 2.93. The summed E-state index contributed by atoms with van der Waals surface area (Å²) in [5.41, 5.74) is 1.18. The van der Waals surface area contributed by atoms with Crippen molar-refractivity contribution >= 4 is 39.2 Å². The van der Waals surface area contributed by atoms with Crippen LogP contribution in [0.4, 0.5) is 0 Å². The molecule has 1 aliphatic heterocycles. The zero-order valence-corrected chi connectivity index (χ0v) is 12.7. The SMILES string of the molecule is NN1CCN(C(=O)Cc2c(Cl)cnc3sc(=O)[nH]c23)CC1. The number of nitrogens with one attached hydrogen (secondary N) is 1. The molecule has 2 aromatic heterocycles. The Morgan fingerprint density at radius 3 is 2.86 bits per heavy atom. The van der Waals surface area contributed by atoms with E-state index < -0.39 is 0 Å². The molecule has 7 nitrogen and oxygen atoms in total. The number of rotatable bonds is 2. The molecule has 0 spiro atoms. The minimum Gasteiger partial charge on any atom is -0.340 e. The number of aromatic amines is 1. The highest BCUT2D eigenvalue weighted by Crippen LogP contribution is 2.25. The molecule has 1 saturated heterocycles. The van der Waals surface area contributed by atoms with Gasteiger partial charge in [0.15, 0.2) is 0 Å². The van der Waals surface area contributed by atoms with Crippen molar-refractivity contribution in [1.29, 1.82) is 0 Å². The molecule has 0 bridgehead atoms. The van der Waals surface area contributed by atoms with Gasteiger partial charge in [-0.2, -0.15) is 0 Å². The summed E-state index contributed by atoms with van der Waals surface area (Å²) in [4.78, 5) is 32.7. The van der Waals surface area contributed by atoms with Crippen molar-refractivity contribution in [1.82, 2.24) is 19.9 Å². The fourth-order valence-corrected chi connectivity index (χ4v) is 3.26. The molecule has 2 aromatic rings. The third-order valence-electron chi connectivity index (χ3n) is 3.51. The van der Waals surface area contributed by atoms with Gasteiger partial charge in [0.1, 0.15) is 4.83 Å². The van der Waals surface area contributed by atoms with Crippen LogP contribution in [-0.2, 0) is 11.2 Å². The Bertz CT molecular complexity index is 735. The van der Waals surface area contributed by atoms with Crippen LogP contribution >= 0.6 is 22.9 Å². The Hall–Kier alpha value is -1.48. The summed E-state index contributed by atoms with van der Waals surface area (Å²) >= 11 is 7.15. The molecule has 21 heavy (non-hydrogen) atoms. The van der Waals surface area contributed by atoms with E-state index in [-0.39, 0.29) is 17.2 Å². The molecular formula is C12H14ClN5O2S. The summed E-state index contributed by atoms with van der Waals surface area (Å²) in [5, 5.41) is 2.08. The van der Waals surface area contributed by atoms with Gasteiger partial charge in [0.2, 0.25) is 5.91 Å². The normalized spacial score (nSPS) is 16.6. The summed E-state index contributed by atoms with van der Waals surface area (Å²) in [6, 6.07) is 0. The van der Waals surface area contributed by atoms with Gasteiger partial charge in [-0.25, -0.2) is 9.99 Å². The van der Waals surface area contributed by atoms with Crippen molar-refractivity contribution in [2.45, 2.75) is 6.42 Å². The van der Waals surface area contributed by atoms with Gasteiger partial charge in [-0.15, -0.1) is 0 Å². The second kappa shape index (κ2) is 5.72. The summed E-state index contributed by atoms with van der Waals surface area (Å²) < 4.78 is 0. The van der Waals surface area contributed by atoms with E-state index >= 15 is 0 Å². The number of H-pyrrole nitrogens is 1. The van der Waals surface area contributed by atoms with Gasteiger partial charge >= 0.3 is 4.87 Å². The molecule has 0 aromatic carbocycles. The molecule has 0 unspecified atom stereocenters. The lowest BCUT2D eigenvalue weighted by molar-refractivity contribution is -0.132. The van der Waals surface area contributed by atoms with E-state index in [1.165, 1.54) is 6.20 Å². The zero-order chi connectivity index (χ0) is 15.0. The van der Waals surface area contributed by atoms with Gasteiger partial charge < -0.3 is 9.88 Å². The van der Waals surface area contributed by atoms with Gasteiger partial charge in [-0.3, -0.25) is 15.4 Å². The van der Waals surface area contributed by atoms with Crippen LogP contribution in [0.25, 0.3) is 10.3 Å². The van der Waals surface area contributed by atoms with Crippen LogP contribution in [0.2, 0.25) is 5.02 Å². The van der Waals surface area contributed by atoms with Crippen molar-refractivity contribution in [3.63, 3.8) is 0 Å². The summed E-state index contributed by atoms with van der Waals surface area (Å²) in [7, 11) is 0. The van der Waals surface area contributed by atoms with E-state index in [1.807, 2.05) is 0 Å². The highest BCUT2D eigenvalue weighted by Gasteiger charge is 2.22. The number of piperazine rings is 1. The van der Waals surface area contributed by atoms with Crippen molar-refractivity contribution < 1.29 is 4.79 Å². The fourth-order valence-electron chi connectivity index (χ4n) is 2.34. The highest BCUT2D eigenvalue weighted by molar-refractivity contribution is 7.15. The number of pyridine rings is 1. The Balaban J connectivity index is 1.85. The van der Waals surface area contributed by atoms with Crippen molar-refractivity contribution in [2.24, 2.45) is 5.84 Å². The number of amides is 1. The molecule has 112 valence electrons. The van der Waals surface area contributed by atoms with E-state index in [2.05, 4.69) is 9.97 Å². The first kappa shape index (κ1) is 14.5. The molecule has 3 N–H and O–H groups in total. The van der Waals surface area contributed by atoms with Crippen LogP contribution in [0.5, 0.6) is 0 Å². The van der Waals surface area contributed by atoms with E-state index in [0.29, 0.717) is 47.1 Å². The topological polar surface area (TPSA) is 95.3 Å². The standard InChI is InChI=1S/C12H14ClN5O2S/c13-8-6-15-11-10(16-12(20)21-11)7(8)5-9(19)17-1-3-18(14)4-2-17/h6H,1-5,14H2,(H,16,20). The molecule has 1 amide bonds. The van der Waals surface area contributed by atoms with Crippen LogP contribution in [0.3, 0.4) is 0 Å². The molecular weight excluding hydrogens is 314 g/mol. The Kier molecular flexibility index (Phi) is 3.94. The number of carbonyl (C=O) groups excluding carboxylic acids is 1. The van der Waals surface area contributed by atoms with Crippen molar-refractivity contribution in [3.05, 3.63) is 26.5 Å². The molecule has 1 aliphatic rings. The van der Waals surface area contributed by atoms with Crippen LogP contribution < -0.4 is 10.7 Å². The molecule has 0 radical (unpaired) electrons. The first-order valence-electron chi connectivity index (χ1n) is 6.48. The predicted octanol–water partition coefficient (Wildman–Crippen LogP) is 0.198. The van der Waals surface area contributed by atoms with Gasteiger partial charge in [0, 0.05) is 37.9 Å². The Morgan fingerprint density at radius 1 is 1.43 bits per heavy atom. The highest BCUT2D eigenvalue weighted by atomic mass is 35.5. The average Bonchev–Trinajstić information content (AvgIpc) is 2.83. The molecule has 0 atom stereocenters. The van der Waals surface area contributed by atoms with Crippen LogP contribution in [0.15, 0.2) is 11.0 Å². The second-order valence-electron chi connectivity index (χ2n) is 4.87. The Labute approximate surface area is 129 Å². The number of thiazole rings is 1. The lowest BCUT2D eigenvalue weighted by Crippen LogP contribution is -2.51. The van der Waals surface area contributed by atoms with E-state index in [1.54, 1.807) is 9.91 Å². The minimum atomic E-state index is -0.204. The van der Waals surface area contributed by atoms with Crippen molar-refractivity contribution in [3.8, 4) is 0 Å². The number of nitrogens with two attached hydrogens (primary N) is 1. The lowest BCUT2D eigenvalue weighted by atomic mass is 10.1. The first-order chi connectivity index (χ1) is 10.0. The smallest absolute Gasteiger partial charge is 0.307 e. The summed E-state index contributed by atoms with van der Waals surface area (Å²) in [6.45, 7) is 2.50. The number of nitrogens with zero attached hydrogens (tertiary/aromatic N) is 3. The Morgan fingerprint density at radius 2 is 2.14 bits per heavy atom. The quantitative estimate of drug-likeness (QED) is 0.768. The number of hydrogen-bond donors (Lipinski definition) is 2. The van der Waals surface area contributed by atoms with Gasteiger partial charge in [-0.05, 0) is 0 Å². The summed E-state index contributed by atoms with van der Waals surface area (Å²) in [6.07, 6.45) is 1.63. The molecule has 1 fully saturated rings. The number of halogens is 1. The maximum absolute atomic E-state index is 12.4. The number of aromatic nitrogens is 2. The van der Waals surface area contributed by atoms with E-state index in [4.69, 9.17) is 17.4 Å².